The number of aromatic nitrogens is 2. The first-order chi connectivity index (χ1) is 8.86. The van der Waals surface area contributed by atoms with Gasteiger partial charge in [0.2, 0.25) is 0 Å². The molecule has 0 radical (unpaired) electrons. The number of nitrogens with zero attached hydrogens (tertiary/aromatic N) is 2. The third-order valence-corrected chi connectivity index (χ3v) is 3.05. The Hall–Kier alpha value is -1.39. The number of rotatable bonds is 7. The number of hydrogen-bond donors (Lipinski definition) is 1. The maximum Gasteiger partial charge on any atom is 0.0841 e. The first kappa shape index (κ1) is 13.1. The molecule has 0 amide bonds. The van der Waals surface area contributed by atoms with Crippen molar-refractivity contribution in [3.63, 3.8) is 0 Å². The van der Waals surface area contributed by atoms with Gasteiger partial charge in [-0.25, -0.2) is 0 Å². The Labute approximate surface area is 108 Å². The lowest BCUT2D eigenvalue weighted by Gasteiger charge is -2.03. The Morgan fingerprint density at radius 3 is 2.89 bits per heavy atom. The van der Waals surface area contributed by atoms with Crippen molar-refractivity contribution < 1.29 is 4.74 Å². The lowest BCUT2D eigenvalue weighted by Crippen LogP contribution is -2.07. The highest BCUT2D eigenvalue weighted by atomic mass is 16.5. The van der Waals surface area contributed by atoms with Crippen molar-refractivity contribution >= 4 is 10.9 Å². The van der Waals surface area contributed by atoms with Crippen LogP contribution >= 0.6 is 0 Å². The van der Waals surface area contributed by atoms with Crippen LogP contribution in [0.5, 0.6) is 0 Å². The predicted octanol–water partition coefficient (Wildman–Crippen LogP) is 2.18. The van der Waals surface area contributed by atoms with E-state index < -0.39 is 0 Å². The Balaban J connectivity index is 2.16. The number of methoxy groups -OCH3 is 1. The van der Waals surface area contributed by atoms with E-state index >= 15 is 0 Å². The molecule has 98 valence electrons. The molecule has 0 saturated heterocycles. The second-order valence-corrected chi connectivity index (χ2v) is 4.42. The summed E-state index contributed by atoms with van der Waals surface area (Å²) >= 11 is 0. The number of aryl methyl sites for hydroxylation is 1. The summed E-state index contributed by atoms with van der Waals surface area (Å²) in [7, 11) is 3.70. The Morgan fingerprint density at radius 1 is 1.28 bits per heavy atom. The highest BCUT2D eigenvalue weighted by Gasteiger charge is 2.08. The summed E-state index contributed by atoms with van der Waals surface area (Å²) < 4.78 is 7.18. The zero-order valence-electron chi connectivity index (χ0n) is 11.1. The summed E-state index contributed by atoms with van der Waals surface area (Å²) in [6, 6.07) is 8.41. The molecule has 1 aromatic heterocycles. The maximum atomic E-state index is 5.07. The number of ether oxygens (including phenoxy) is 1. The Kier molecular flexibility index (Phi) is 4.73. The van der Waals surface area contributed by atoms with Crippen LogP contribution in [0.1, 0.15) is 18.5 Å². The highest BCUT2D eigenvalue weighted by Crippen LogP contribution is 2.18. The van der Waals surface area contributed by atoms with E-state index in [9.17, 15) is 0 Å². The molecular weight excluding hydrogens is 226 g/mol. The third-order valence-electron chi connectivity index (χ3n) is 3.05. The highest BCUT2D eigenvalue weighted by molar-refractivity contribution is 5.81. The fourth-order valence-corrected chi connectivity index (χ4v) is 2.17. The van der Waals surface area contributed by atoms with Crippen LogP contribution in [0, 0.1) is 0 Å². The van der Waals surface area contributed by atoms with Gasteiger partial charge in [-0.05, 0) is 26.0 Å². The molecule has 0 aliphatic rings. The van der Waals surface area contributed by atoms with Crippen LogP contribution in [0.15, 0.2) is 24.3 Å². The van der Waals surface area contributed by atoms with Crippen LogP contribution in [0.2, 0.25) is 0 Å². The van der Waals surface area contributed by atoms with Crippen molar-refractivity contribution in [3.8, 4) is 0 Å². The van der Waals surface area contributed by atoms with E-state index in [1.165, 1.54) is 10.9 Å². The SMILES string of the molecule is CNCc1nn(CCCCOC)c2ccccc12. The van der Waals surface area contributed by atoms with Gasteiger partial charge in [0.1, 0.15) is 0 Å². The zero-order valence-corrected chi connectivity index (χ0v) is 11.1. The summed E-state index contributed by atoms with van der Waals surface area (Å²) in [4.78, 5) is 0. The van der Waals surface area contributed by atoms with E-state index in [2.05, 4.69) is 34.3 Å². The molecule has 2 rings (SSSR count). The quantitative estimate of drug-likeness (QED) is 0.762. The first-order valence-corrected chi connectivity index (χ1v) is 6.44. The molecule has 2 aromatic rings. The van der Waals surface area contributed by atoms with Crippen LogP contribution in [-0.2, 0) is 17.8 Å². The molecule has 0 bridgehead atoms. The van der Waals surface area contributed by atoms with Gasteiger partial charge < -0.3 is 10.1 Å². The van der Waals surface area contributed by atoms with Gasteiger partial charge >= 0.3 is 0 Å². The molecule has 0 atom stereocenters. The fraction of sp³-hybridized carbons (Fsp3) is 0.500. The van der Waals surface area contributed by atoms with Gasteiger partial charge in [0.05, 0.1) is 11.2 Å². The van der Waals surface area contributed by atoms with Crippen molar-refractivity contribution in [2.75, 3.05) is 20.8 Å². The van der Waals surface area contributed by atoms with Crippen LogP contribution < -0.4 is 5.32 Å². The third kappa shape index (κ3) is 2.89. The molecule has 0 aliphatic heterocycles. The smallest absolute Gasteiger partial charge is 0.0841 e. The van der Waals surface area contributed by atoms with Gasteiger partial charge in [-0.2, -0.15) is 5.10 Å². The average molecular weight is 247 g/mol. The molecule has 4 nitrogen and oxygen atoms in total. The molecule has 0 fully saturated rings. The molecule has 0 saturated carbocycles. The van der Waals surface area contributed by atoms with Gasteiger partial charge in [-0.15, -0.1) is 0 Å². The molecule has 1 heterocycles. The number of unbranched alkanes of at least 4 members (excludes halogenated alkanes) is 1. The molecule has 4 heteroatoms. The lowest BCUT2D eigenvalue weighted by molar-refractivity contribution is 0.191. The predicted molar refractivity (Wildman–Crippen MR) is 73.6 cm³/mol. The van der Waals surface area contributed by atoms with Crippen molar-refractivity contribution in [2.45, 2.75) is 25.9 Å². The van der Waals surface area contributed by atoms with Crippen molar-refractivity contribution in [3.05, 3.63) is 30.0 Å². The number of hydrogen-bond acceptors (Lipinski definition) is 3. The van der Waals surface area contributed by atoms with Gasteiger partial charge in [0.25, 0.3) is 0 Å². The minimum absolute atomic E-state index is 0.811. The second kappa shape index (κ2) is 6.52. The number of para-hydroxylation sites is 1. The van der Waals surface area contributed by atoms with Crippen molar-refractivity contribution in [1.82, 2.24) is 15.1 Å². The molecule has 1 aromatic carbocycles. The summed E-state index contributed by atoms with van der Waals surface area (Å²) in [6.07, 6.45) is 2.17. The van der Waals surface area contributed by atoms with E-state index in [1.54, 1.807) is 7.11 Å². The number of fused-ring (bicyclic) bond motifs is 1. The minimum Gasteiger partial charge on any atom is -0.385 e. The van der Waals surface area contributed by atoms with E-state index in [-0.39, 0.29) is 0 Å². The van der Waals surface area contributed by atoms with Crippen LogP contribution in [0.4, 0.5) is 0 Å². The van der Waals surface area contributed by atoms with Crippen molar-refractivity contribution in [2.24, 2.45) is 0 Å². The molecular formula is C14H21N3O. The standard InChI is InChI=1S/C14H21N3O/c1-15-11-13-12-7-3-4-8-14(12)17(16-13)9-5-6-10-18-2/h3-4,7-8,15H,5-6,9-11H2,1-2H3. The second-order valence-electron chi connectivity index (χ2n) is 4.42. The summed E-state index contributed by atoms with van der Waals surface area (Å²) in [5.74, 6) is 0. The Bertz CT molecular complexity index is 493. The molecule has 0 spiro atoms. The summed E-state index contributed by atoms with van der Waals surface area (Å²) in [6.45, 7) is 2.59. The van der Waals surface area contributed by atoms with Crippen molar-refractivity contribution in [1.29, 1.82) is 0 Å². The largest absolute Gasteiger partial charge is 0.385 e. The maximum absolute atomic E-state index is 5.07. The van der Waals surface area contributed by atoms with E-state index in [0.717, 1.165) is 38.2 Å². The van der Waals surface area contributed by atoms with Gasteiger partial charge in [-0.1, -0.05) is 18.2 Å². The van der Waals surface area contributed by atoms with E-state index in [1.807, 2.05) is 7.05 Å². The van der Waals surface area contributed by atoms with E-state index in [0.29, 0.717) is 0 Å². The van der Waals surface area contributed by atoms with Gasteiger partial charge in [0.15, 0.2) is 0 Å². The molecule has 0 aliphatic carbocycles. The molecule has 0 unspecified atom stereocenters. The van der Waals surface area contributed by atoms with Crippen LogP contribution in [0.25, 0.3) is 10.9 Å². The van der Waals surface area contributed by atoms with Gasteiger partial charge in [0, 0.05) is 32.2 Å². The minimum atomic E-state index is 0.811. The lowest BCUT2D eigenvalue weighted by atomic mass is 10.2. The number of nitrogens with one attached hydrogen (secondary N) is 1. The molecule has 1 N–H and O–H groups in total. The Morgan fingerprint density at radius 2 is 2.11 bits per heavy atom. The van der Waals surface area contributed by atoms with Crippen LogP contribution in [-0.4, -0.2) is 30.5 Å². The zero-order chi connectivity index (χ0) is 12.8. The first-order valence-electron chi connectivity index (χ1n) is 6.44. The van der Waals surface area contributed by atoms with Gasteiger partial charge in [-0.3, -0.25) is 4.68 Å². The summed E-state index contributed by atoms with van der Waals surface area (Å²) in [5.41, 5.74) is 2.35. The monoisotopic (exact) mass is 247 g/mol. The average Bonchev–Trinajstić information content (AvgIpc) is 2.74. The fourth-order valence-electron chi connectivity index (χ4n) is 2.17. The van der Waals surface area contributed by atoms with Crippen LogP contribution in [0.3, 0.4) is 0 Å². The normalized spacial score (nSPS) is 11.2. The topological polar surface area (TPSA) is 39.1 Å². The number of benzene rings is 1. The molecule has 18 heavy (non-hydrogen) atoms. The van der Waals surface area contributed by atoms with E-state index in [4.69, 9.17) is 9.84 Å². The summed E-state index contributed by atoms with van der Waals surface area (Å²) in [5, 5.41) is 9.11.